The van der Waals surface area contributed by atoms with Crippen LogP contribution in [-0.4, -0.2) is 101 Å². The van der Waals surface area contributed by atoms with Gasteiger partial charge in [0.15, 0.2) is 4.90 Å². The Morgan fingerprint density at radius 1 is 0.962 bits per heavy atom. The van der Waals surface area contributed by atoms with Gasteiger partial charge in [-0.05, 0) is 13.0 Å². The summed E-state index contributed by atoms with van der Waals surface area (Å²) in [4.78, 5) is 44.8. The number of alkyl halides is 3. The molecule has 0 saturated carbocycles. The van der Waals surface area contributed by atoms with Crippen LogP contribution in [-0.2, 0) is 33.3 Å². The van der Waals surface area contributed by atoms with E-state index in [1.807, 2.05) is 4.72 Å². The molecule has 0 bridgehead atoms. The normalized spacial score (nSPS) is 11.7. The van der Waals surface area contributed by atoms with Crippen molar-refractivity contribution in [3.05, 3.63) is 50.2 Å². The first-order valence-electron chi connectivity index (χ1n) is 13.8. The van der Waals surface area contributed by atoms with Crippen molar-refractivity contribution in [2.24, 2.45) is 7.05 Å². The number of nitrogens with one attached hydrogen (secondary N) is 2. The molecule has 1 amide bonds. The van der Waals surface area contributed by atoms with E-state index in [-0.39, 0.29) is 33.1 Å². The number of aromatic nitrogens is 8. The smallest absolute Gasteiger partial charge is 0.418 e. The number of ether oxygens (including phenoxy) is 4. The minimum atomic E-state index is -4.98. The molecule has 0 radical (unpaired) electrons. The van der Waals surface area contributed by atoms with Crippen molar-refractivity contribution < 1.29 is 63.6 Å². The average Bonchev–Trinajstić information content (AvgIpc) is 3.77. The molecule has 3 N–H and O–H groups in total. The van der Waals surface area contributed by atoms with Crippen molar-refractivity contribution >= 4 is 55.1 Å². The summed E-state index contributed by atoms with van der Waals surface area (Å²) in [6.07, 6.45) is -4.20. The maximum atomic E-state index is 13.3. The summed E-state index contributed by atoms with van der Waals surface area (Å²) in [6.45, 7) is 1.39. The molecule has 53 heavy (non-hydrogen) atoms. The minimum Gasteiger partial charge on any atom is -0.481 e. The van der Waals surface area contributed by atoms with E-state index < -0.39 is 76.7 Å². The SMILES string of the molecule is COc1cc(OC)n2nc(NS(=O)(=O)c3c(C(F)(F)F)ccnc3OC)nc2n1.COc1nn(C(=O)NS(=O)(=O)c2c(C(=O)O)csc2C)c(=O)n1C. The lowest BCUT2D eigenvalue weighted by Gasteiger charge is -2.15. The molecular formula is C25H25F3N10O12S3. The summed E-state index contributed by atoms with van der Waals surface area (Å²) in [7, 11) is -3.23. The largest absolute Gasteiger partial charge is 0.481 e. The van der Waals surface area contributed by atoms with Gasteiger partial charge in [0.1, 0.15) is 4.90 Å². The summed E-state index contributed by atoms with van der Waals surface area (Å²) in [6, 6.07) is 0.307. The topological polar surface area (TPSA) is 279 Å². The molecule has 22 nitrogen and oxygen atoms in total. The highest BCUT2D eigenvalue weighted by atomic mass is 32.2. The molecule has 286 valence electrons. The summed E-state index contributed by atoms with van der Waals surface area (Å²) in [5.74, 6) is -2.67. The third-order valence-corrected chi connectivity index (χ3v) is 10.4. The molecule has 5 heterocycles. The first-order chi connectivity index (χ1) is 24.7. The number of hydrogen-bond donors (Lipinski definition) is 3. The Labute approximate surface area is 298 Å². The summed E-state index contributed by atoms with van der Waals surface area (Å²) < 4.78 is 115. The Kier molecular flexibility index (Phi) is 11.2. The van der Waals surface area contributed by atoms with E-state index >= 15 is 0 Å². The molecule has 0 atom stereocenters. The predicted molar refractivity (Wildman–Crippen MR) is 172 cm³/mol. The molecule has 0 aliphatic carbocycles. The number of halogens is 3. The van der Waals surface area contributed by atoms with Gasteiger partial charge in [-0.15, -0.1) is 26.2 Å². The van der Waals surface area contributed by atoms with Gasteiger partial charge < -0.3 is 24.1 Å². The summed E-state index contributed by atoms with van der Waals surface area (Å²) in [5, 5.41) is 17.6. The number of sulfonamides is 2. The number of carbonyl (C=O) groups excluding carboxylic acids is 1. The second-order valence-corrected chi connectivity index (χ2v) is 14.1. The third-order valence-electron chi connectivity index (χ3n) is 6.49. The number of fused-ring (bicyclic) bond motifs is 1. The number of thiophene rings is 1. The van der Waals surface area contributed by atoms with Gasteiger partial charge in [-0.3, -0.25) is 0 Å². The van der Waals surface area contributed by atoms with Crippen molar-refractivity contribution in [3.63, 3.8) is 0 Å². The van der Waals surface area contributed by atoms with Crippen LogP contribution >= 0.6 is 11.3 Å². The van der Waals surface area contributed by atoms with Crippen LogP contribution in [0.2, 0.25) is 0 Å². The standard InChI is InChI=1S/C14H13F3N6O5S.C11H12N4O7S2/c1-26-8-6-9(27-2)23-13(19-8)20-12(21-23)22-29(24,25)10-7(14(15,16)17)4-5-18-11(10)28-3;1-5-7(6(4-23-5)8(16)17)24(20,21)13-9(18)15-11(19)14(2)10(12-15)22-3/h4-6H,1-3H3,(H,21,22);4H,1-3H3,(H,13,18)(H,16,17). The van der Waals surface area contributed by atoms with E-state index in [9.17, 15) is 44.4 Å². The number of rotatable bonds is 10. The van der Waals surface area contributed by atoms with Crippen molar-refractivity contribution in [2.75, 3.05) is 33.2 Å². The summed E-state index contributed by atoms with van der Waals surface area (Å²) >= 11 is 0.903. The van der Waals surface area contributed by atoms with Crippen molar-refractivity contribution in [2.45, 2.75) is 22.9 Å². The number of aryl methyl sites for hydroxylation is 1. The van der Waals surface area contributed by atoms with Crippen LogP contribution in [0.5, 0.6) is 23.7 Å². The number of anilines is 1. The summed E-state index contributed by atoms with van der Waals surface area (Å²) in [5.41, 5.74) is -2.86. The fourth-order valence-corrected chi connectivity index (χ4v) is 7.99. The lowest BCUT2D eigenvalue weighted by atomic mass is 10.2. The molecule has 0 aliphatic heterocycles. The van der Waals surface area contributed by atoms with Crippen LogP contribution in [0.25, 0.3) is 5.78 Å². The molecule has 28 heteroatoms. The van der Waals surface area contributed by atoms with Gasteiger partial charge in [-0.25, -0.2) is 50.2 Å². The maximum Gasteiger partial charge on any atom is 0.418 e. The van der Waals surface area contributed by atoms with Crippen LogP contribution in [0.4, 0.5) is 23.9 Å². The number of amides is 1. The van der Waals surface area contributed by atoms with Gasteiger partial charge in [0, 0.05) is 23.5 Å². The quantitative estimate of drug-likeness (QED) is 0.177. The molecule has 5 rings (SSSR count). The third kappa shape index (κ3) is 8.07. The molecule has 0 saturated heterocycles. The zero-order valence-corrected chi connectivity index (χ0v) is 30.1. The molecule has 5 aromatic heterocycles. The monoisotopic (exact) mass is 810 g/mol. The first-order valence-corrected chi connectivity index (χ1v) is 17.6. The van der Waals surface area contributed by atoms with E-state index in [0.717, 1.165) is 39.1 Å². The number of carboxylic acid groups (broad SMARTS) is 1. The molecule has 5 aromatic rings. The number of hydrogen-bond acceptors (Lipinski definition) is 17. The zero-order chi connectivity index (χ0) is 39.6. The van der Waals surface area contributed by atoms with Crippen LogP contribution in [0, 0.1) is 6.92 Å². The highest BCUT2D eigenvalue weighted by molar-refractivity contribution is 7.92. The first kappa shape index (κ1) is 39.8. The number of aromatic carboxylic acids is 1. The number of methoxy groups -OCH3 is 4. The molecular weight excluding hydrogens is 786 g/mol. The average molecular weight is 811 g/mol. The number of carbonyl (C=O) groups is 2. The maximum absolute atomic E-state index is 13.3. The van der Waals surface area contributed by atoms with Crippen LogP contribution in [0.1, 0.15) is 20.8 Å². The van der Waals surface area contributed by atoms with E-state index in [4.69, 9.17) is 24.1 Å². The number of nitrogens with zero attached hydrogens (tertiary/aromatic N) is 8. The Hall–Kier alpha value is -6.03. The van der Waals surface area contributed by atoms with Gasteiger partial charge in [-0.1, -0.05) is 0 Å². The van der Waals surface area contributed by atoms with Crippen LogP contribution < -0.4 is 34.1 Å². The second kappa shape index (κ2) is 14.9. The number of pyridine rings is 1. The van der Waals surface area contributed by atoms with E-state index in [2.05, 4.69) is 25.1 Å². The molecule has 0 aliphatic rings. The van der Waals surface area contributed by atoms with Gasteiger partial charge in [0.2, 0.25) is 17.6 Å². The Balaban J connectivity index is 0.000000241. The van der Waals surface area contributed by atoms with Crippen molar-refractivity contribution in [1.82, 2.24) is 43.6 Å². The molecule has 0 fully saturated rings. The Morgan fingerprint density at radius 2 is 1.64 bits per heavy atom. The van der Waals surface area contributed by atoms with Crippen molar-refractivity contribution in [3.8, 4) is 23.7 Å². The zero-order valence-electron chi connectivity index (χ0n) is 27.7. The van der Waals surface area contributed by atoms with E-state index in [1.165, 1.54) is 41.4 Å². The van der Waals surface area contributed by atoms with E-state index in [1.54, 1.807) is 4.72 Å². The van der Waals surface area contributed by atoms with Gasteiger partial charge in [0.05, 0.1) is 45.6 Å². The lowest BCUT2D eigenvalue weighted by Crippen LogP contribution is -2.40. The lowest BCUT2D eigenvalue weighted by molar-refractivity contribution is -0.140. The van der Waals surface area contributed by atoms with Crippen LogP contribution in [0.3, 0.4) is 0 Å². The minimum absolute atomic E-state index is 0.0970. The Bertz CT molecular complexity index is 2490. The highest BCUT2D eigenvalue weighted by Gasteiger charge is 2.40. The second-order valence-electron chi connectivity index (χ2n) is 9.78. The van der Waals surface area contributed by atoms with E-state index in [0.29, 0.717) is 6.07 Å². The fraction of sp³-hybridized carbons (Fsp3) is 0.280. The van der Waals surface area contributed by atoms with Gasteiger partial charge >= 0.3 is 29.9 Å². The molecule has 0 spiro atoms. The molecule has 0 unspecified atom stereocenters. The van der Waals surface area contributed by atoms with Crippen LogP contribution in [0.15, 0.2) is 38.3 Å². The van der Waals surface area contributed by atoms with Gasteiger partial charge in [0.25, 0.3) is 31.8 Å². The predicted octanol–water partition coefficient (Wildman–Crippen LogP) is 0.970. The van der Waals surface area contributed by atoms with Gasteiger partial charge in [-0.2, -0.15) is 27.7 Å². The van der Waals surface area contributed by atoms with Crippen molar-refractivity contribution in [1.29, 1.82) is 0 Å². The number of carboxylic acids is 1. The molecule has 0 aromatic carbocycles. The fourth-order valence-electron chi connectivity index (χ4n) is 4.21. The highest BCUT2D eigenvalue weighted by Crippen LogP contribution is 2.38. The Morgan fingerprint density at radius 3 is 2.19 bits per heavy atom.